The average molecular weight is 545 g/mol. The molecule has 5 atom stereocenters. The van der Waals surface area contributed by atoms with Crippen molar-refractivity contribution in [1.29, 1.82) is 0 Å². The van der Waals surface area contributed by atoms with E-state index in [0.717, 1.165) is 30.8 Å². The third kappa shape index (κ3) is 9.71. The molecule has 2 aliphatic rings. The van der Waals surface area contributed by atoms with Crippen molar-refractivity contribution in [3.05, 3.63) is 0 Å². The van der Waals surface area contributed by atoms with E-state index in [9.17, 15) is 4.57 Å². The SMILES string of the molecule is CCCSSCCO[P@@](=O)(OC[C@H]1OCCC1O[Si](C)(C)C(C)(C)C)OC1CCO[C@@H]1CC. The second-order valence-corrected chi connectivity index (χ2v) is 19.2. The molecule has 0 aromatic carbocycles. The van der Waals surface area contributed by atoms with Crippen LogP contribution >= 0.6 is 29.4 Å². The van der Waals surface area contributed by atoms with Crippen LogP contribution in [-0.4, -0.2) is 70.7 Å². The Hall–Kier alpha value is 0.907. The van der Waals surface area contributed by atoms with Crippen LogP contribution in [0.4, 0.5) is 0 Å². The first-order chi connectivity index (χ1) is 15.5. The lowest BCUT2D eigenvalue weighted by Crippen LogP contribution is -2.46. The molecule has 7 nitrogen and oxygen atoms in total. The highest BCUT2D eigenvalue weighted by molar-refractivity contribution is 8.76. The van der Waals surface area contributed by atoms with Crippen molar-refractivity contribution in [2.45, 2.75) is 103 Å². The van der Waals surface area contributed by atoms with Gasteiger partial charge in [-0.15, -0.1) is 0 Å². The van der Waals surface area contributed by atoms with Crippen LogP contribution in [-0.2, 0) is 32.0 Å². The van der Waals surface area contributed by atoms with Crippen molar-refractivity contribution >= 4 is 37.7 Å². The van der Waals surface area contributed by atoms with E-state index < -0.39 is 16.1 Å². The summed E-state index contributed by atoms with van der Waals surface area (Å²) in [5.74, 6) is 1.80. The molecule has 2 heterocycles. The number of hydrogen-bond donors (Lipinski definition) is 0. The molecule has 0 radical (unpaired) electrons. The smallest absolute Gasteiger partial charge is 0.411 e. The first kappa shape index (κ1) is 30.1. The van der Waals surface area contributed by atoms with Gasteiger partial charge in [0.05, 0.1) is 31.5 Å². The third-order valence-corrected chi connectivity index (χ3v) is 15.0. The summed E-state index contributed by atoms with van der Waals surface area (Å²) in [6.07, 6.45) is 2.70. The number of ether oxygens (including phenoxy) is 2. The van der Waals surface area contributed by atoms with E-state index in [1.54, 1.807) is 21.6 Å². The molecule has 2 saturated heterocycles. The van der Waals surface area contributed by atoms with Gasteiger partial charge in [0.2, 0.25) is 0 Å². The molecule has 0 aromatic rings. The van der Waals surface area contributed by atoms with Gasteiger partial charge in [-0.05, 0) is 37.4 Å². The monoisotopic (exact) mass is 544 g/mol. The average Bonchev–Trinajstić information content (AvgIpc) is 3.36. The summed E-state index contributed by atoms with van der Waals surface area (Å²) in [5.41, 5.74) is 0. The first-order valence-corrected chi connectivity index (χ1v) is 19.1. The van der Waals surface area contributed by atoms with E-state index in [1.165, 1.54) is 0 Å². The topological polar surface area (TPSA) is 72.5 Å². The maximum atomic E-state index is 13.6. The fourth-order valence-corrected chi connectivity index (χ4v) is 8.30. The summed E-state index contributed by atoms with van der Waals surface area (Å²) in [4.78, 5) is 0. The van der Waals surface area contributed by atoms with Crippen LogP contribution in [0.3, 0.4) is 0 Å². The lowest BCUT2D eigenvalue weighted by molar-refractivity contribution is -0.0128. The lowest BCUT2D eigenvalue weighted by atomic mass is 10.1. The van der Waals surface area contributed by atoms with Crippen molar-refractivity contribution in [3.63, 3.8) is 0 Å². The molecule has 0 amide bonds. The zero-order valence-electron chi connectivity index (χ0n) is 21.5. The normalized spacial score (nSPS) is 28.3. The summed E-state index contributed by atoms with van der Waals surface area (Å²) in [7, 11) is -2.21. The van der Waals surface area contributed by atoms with E-state index in [2.05, 4.69) is 40.8 Å². The van der Waals surface area contributed by atoms with Gasteiger partial charge in [0, 0.05) is 31.1 Å². The molecule has 2 aliphatic heterocycles. The van der Waals surface area contributed by atoms with Crippen LogP contribution in [0.5, 0.6) is 0 Å². The summed E-state index contributed by atoms with van der Waals surface area (Å²) >= 11 is 0. The third-order valence-electron chi connectivity index (χ3n) is 6.40. The molecule has 0 aliphatic carbocycles. The van der Waals surface area contributed by atoms with E-state index in [0.29, 0.717) is 26.2 Å². The second kappa shape index (κ2) is 14.0. The minimum atomic E-state index is -3.76. The Labute approximate surface area is 210 Å². The fourth-order valence-electron chi connectivity index (χ4n) is 3.42. The van der Waals surface area contributed by atoms with Gasteiger partial charge in [-0.3, -0.25) is 13.6 Å². The minimum Gasteiger partial charge on any atom is -0.411 e. The fraction of sp³-hybridized carbons (Fsp3) is 1.00. The highest BCUT2D eigenvalue weighted by Crippen LogP contribution is 2.53. The first-order valence-electron chi connectivity index (χ1n) is 12.2. The van der Waals surface area contributed by atoms with Gasteiger partial charge >= 0.3 is 7.82 Å². The van der Waals surface area contributed by atoms with E-state index in [-0.39, 0.29) is 36.1 Å². The molecular weight excluding hydrogens is 499 g/mol. The van der Waals surface area contributed by atoms with Gasteiger partial charge in [-0.25, -0.2) is 4.57 Å². The Kier molecular flexibility index (Phi) is 12.8. The van der Waals surface area contributed by atoms with E-state index in [4.69, 9.17) is 27.5 Å². The number of phosphoric acid groups is 1. The predicted molar refractivity (Wildman–Crippen MR) is 141 cm³/mol. The molecule has 0 saturated carbocycles. The Bertz CT molecular complexity index is 620. The molecule has 0 bridgehead atoms. The zero-order valence-corrected chi connectivity index (χ0v) is 25.0. The summed E-state index contributed by atoms with van der Waals surface area (Å²) < 4.78 is 49.4. The summed E-state index contributed by atoms with van der Waals surface area (Å²) in [5, 5.41) is 0.105. The van der Waals surface area contributed by atoms with Crippen molar-refractivity contribution in [2.24, 2.45) is 0 Å². The molecule has 0 spiro atoms. The minimum absolute atomic E-state index is 0.0708. The largest absolute Gasteiger partial charge is 0.475 e. The Morgan fingerprint density at radius 3 is 2.24 bits per heavy atom. The standard InChI is InChI=1S/C22H45O7PS2Si/c1-8-15-31-32-16-14-26-30(23,28-19-10-12-24-18(19)9-2)27-17-21-20(11-13-25-21)29-33(6,7)22(3,4)5/h18-21H,8-17H2,1-7H3/t18-,19?,20?,21-,30+/m1/s1. The maximum Gasteiger partial charge on any atom is 0.475 e. The highest BCUT2D eigenvalue weighted by atomic mass is 33.1. The van der Waals surface area contributed by atoms with E-state index in [1.807, 2.05) is 6.92 Å². The van der Waals surface area contributed by atoms with Crippen LogP contribution in [0.1, 0.15) is 60.3 Å². The van der Waals surface area contributed by atoms with Crippen molar-refractivity contribution in [1.82, 2.24) is 0 Å². The van der Waals surface area contributed by atoms with Crippen LogP contribution in [0.2, 0.25) is 18.1 Å². The number of hydrogen-bond acceptors (Lipinski definition) is 9. The zero-order chi connectivity index (χ0) is 24.5. The predicted octanol–water partition coefficient (Wildman–Crippen LogP) is 6.68. The number of rotatable bonds is 15. The van der Waals surface area contributed by atoms with Crippen LogP contribution in [0, 0.1) is 0 Å². The van der Waals surface area contributed by atoms with Crippen molar-refractivity contribution in [2.75, 3.05) is 37.9 Å². The molecule has 196 valence electrons. The van der Waals surface area contributed by atoms with Gasteiger partial charge in [0.1, 0.15) is 6.10 Å². The van der Waals surface area contributed by atoms with Gasteiger partial charge in [0.25, 0.3) is 0 Å². The van der Waals surface area contributed by atoms with Crippen molar-refractivity contribution < 1.29 is 32.0 Å². The van der Waals surface area contributed by atoms with Crippen LogP contribution < -0.4 is 0 Å². The Balaban J connectivity index is 1.97. The van der Waals surface area contributed by atoms with Crippen LogP contribution in [0.15, 0.2) is 0 Å². The summed E-state index contributed by atoms with van der Waals surface area (Å²) in [6.45, 7) is 17.0. The highest BCUT2D eigenvalue weighted by Gasteiger charge is 2.44. The molecular formula is C22H45O7PS2Si. The molecule has 2 unspecified atom stereocenters. The Morgan fingerprint density at radius 1 is 0.970 bits per heavy atom. The summed E-state index contributed by atoms with van der Waals surface area (Å²) in [6, 6.07) is 0. The molecule has 2 rings (SSSR count). The second-order valence-electron chi connectivity index (χ2n) is 10.1. The van der Waals surface area contributed by atoms with Gasteiger partial charge in [-0.1, -0.05) is 56.2 Å². The molecule has 0 N–H and O–H groups in total. The molecule has 2 fully saturated rings. The van der Waals surface area contributed by atoms with Crippen LogP contribution in [0.25, 0.3) is 0 Å². The molecule has 0 aromatic heterocycles. The Morgan fingerprint density at radius 2 is 1.61 bits per heavy atom. The molecule has 33 heavy (non-hydrogen) atoms. The van der Waals surface area contributed by atoms with Gasteiger partial charge < -0.3 is 13.9 Å². The molecule has 11 heteroatoms. The number of phosphoric ester groups is 1. The van der Waals surface area contributed by atoms with Gasteiger partial charge in [0.15, 0.2) is 8.32 Å². The van der Waals surface area contributed by atoms with Gasteiger partial charge in [-0.2, -0.15) is 0 Å². The lowest BCUT2D eigenvalue weighted by Gasteiger charge is -2.39. The quantitative estimate of drug-likeness (QED) is 0.0971. The van der Waals surface area contributed by atoms with E-state index >= 15 is 0 Å². The van der Waals surface area contributed by atoms with Crippen molar-refractivity contribution in [3.8, 4) is 0 Å². The maximum absolute atomic E-state index is 13.6.